The van der Waals surface area contributed by atoms with Crippen molar-refractivity contribution in [3.05, 3.63) is 46.7 Å². The molecule has 0 saturated carbocycles. The Morgan fingerprint density at radius 2 is 2.04 bits per heavy atom. The predicted molar refractivity (Wildman–Crippen MR) is 92.4 cm³/mol. The lowest BCUT2D eigenvalue weighted by Gasteiger charge is -2.34. The highest BCUT2D eigenvalue weighted by Crippen LogP contribution is 2.24. The Bertz CT molecular complexity index is 723. The van der Waals surface area contributed by atoms with Gasteiger partial charge in [-0.1, -0.05) is 11.6 Å². The number of ether oxygens (including phenoxy) is 1. The monoisotopic (exact) mass is 348 g/mol. The average Bonchev–Trinajstić information content (AvgIpc) is 3.02. The Balaban J connectivity index is 1.59. The minimum atomic E-state index is 0.0445. The van der Waals surface area contributed by atoms with Gasteiger partial charge in [0.05, 0.1) is 18.9 Å². The van der Waals surface area contributed by atoms with Crippen LogP contribution in [0.1, 0.15) is 15.9 Å². The lowest BCUT2D eigenvalue weighted by molar-refractivity contribution is 0.0627. The van der Waals surface area contributed by atoms with Crippen LogP contribution in [0.4, 0.5) is 0 Å². The first-order valence-corrected chi connectivity index (χ1v) is 8.27. The molecule has 3 rings (SSSR count). The predicted octanol–water partition coefficient (Wildman–Crippen LogP) is 2.04. The average molecular weight is 349 g/mol. The van der Waals surface area contributed by atoms with Gasteiger partial charge in [0.1, 0.15) is 5.75 Å². The molecule has 0 N–H and O–H groups in total. The second-order valence-corrected chi connectivity index (χ2v) is 6.36. The van der Waals surface area contributed by atoms with E-state index in [1.165, 1.54) is 0 Å². The maximum absolute atomic E-state index is 12.4. The molecule has 1 aromatic heterocycles. The molecule has 1 aliphatic rings. The summed E-state index contributed by atoms with van der Waals surface area (Å²) in [6.45, 7) is 3.81. The molecule has 0 radical (unpaired) electrons. The number of aryl methyl sites for hydroxylation is 1. The molecule has 0 bridgehead atoms. The highest BCUT2D eigenvalue weighted by Gasteiger charge is 2.23. The Labute approximate surface area is 146 Å². The van der Waals surface area contributed by atoms with Gasteiger partial charge in [-0.05, 0) is 18.2 Å². The summed E-state index contributed by atoms with van der Waals surface area (Å²) in [4.78, 5) is 16.6. The van der Waals surface area contributed by atoms with Crippen LogP contribution in [0.25, 0.3) is 0 Å². The van der Waals surface area contributed by atoms with Crippen LogP contribution in [0.15, 0.2) is 30.6 Å². The number of hydrogen-bond donors (Lipinski definition) is 0. The topological polar surface area (TPSA) is 50.6 Å². The van der Waals surface area contributed by atoms with Gasteiger partial charge in [-0.3, -0.25) is 14.4 Å². The third-order valence-corrected chi connectivity index (χ3v) is 4.48. The third-order valence-electron chi connectivity index (χ3n) is 4.25. The van der Waals surface area contributed by atoms with Crippen LogP contribution in [-0.4, -0.2) is 58.8 Å². The molecule has 1 fully saturated rings. The summed E-state index contributed by atoms with van der Waals surface area (Å²) in [6, 6.07) is 5.65. The van der Waals surface area contributed by atoms with Gasteiger partial charge in [-0.25, -0.2) is 0 Å². The normalized spacial score (nSPS) is 15.5. The molecule has 1 aromatic carbocycles. The van der Waals surface area contributed by atoms with Crippen molar-refractivity contribution in [1.29, 1.82) is 0 Å². The van der Waals surface area contributed by atoms with Gasteiger partial charge >= 0.3 is 0 Å². The van der Waals surface area contributed by atoms with E-state index in [-0.39, 0.29) is 5.91 Å². The van der Waals surface area contributed by atoms with Crippen LogP contribution in [0.5, 0.6) is 5.75 Å². The van der Waals surface area contributed by atoms with Gasteiger partial charge < -0.3 is 9.64 Å². The highest BCUT2D eigenvalue weighted by atomic mass is 35.5. The van der Waals surface area contributed by atoms with Crippen molar-refractivity contribution >= 4 is 17.5 Å². The second-order valence-electron chi connectivity index (χ2n) is 5.93. The van der Waals surface area contributed by atoms with Crippen LogP contribution in [0.2, 0.25) is 5.02 Å². The van der Waals surface area contributed by atoms with E-state index in [1.54, 1.807) is 24.2 Å². The smallest absolute Gasteiger partial charge is 0.257 e. The van der Waals surface area contributed by atoms with E-state index in [1.807, 2.05) is 30.1 Å². The Hall–Kier alpha value is -2.05. The van der Waals surface area contributed by atoms with E-state index in [2.05, 4.69) is 10.00 Å². The summed E-state index contributed by atoms with van der Waals surface area (Å²) in [7, 11) is 3.48. The number of benzene rings is 1. The van der Waals surface area contributed by atoms with E-state index in [0.29, 0.717) is 23.7 Å². The minimum Gasteiger partial charge on any atom is -0.496 e. The molecule has 7 heteroatoms. The number of carbonyl (C=O) groups is 1. The van der Waals surface area contributed by atoms with Crippen LogP contribution >= 0.6 is 11.6 Å². The van der Waals surface area contributed by atoms with Gasteiger partial charge in [0.15, 0.2) is 0 Å². The molecule has 0 unspecified atom stereocenters. The number of amides is 1. The summed E-state index contributed by atoms with van der Waals surface area (Å²) >= 11 is 6.09. The van der Waals surface area contributed by atoms with Gasteiger partial charge in [0, 0.05) is 56.6 Å². The second kappa shape index (κ2) is 7.23. The van der Waals surface area contributed by atoms with E-state index in [9.17, 15) is 4.79 Å². The van der Waals surface area contributed by atoms with Crippen LogP contribution in [-0.2, 0) is 13.6 Å². The molecule has 1 aliphatic heterocycles. The van der Waals surface area contributed by atoms with E-state index >= 15 is 0 Å². The van der Waals surface area contributed by atoms with E-state index < -0.39 is 0 Å². The number of nitrogens with zero attached hydrogens (tertiary/aromatic N) is 4. The molecule has 6 nitrogen and oxygen atoms in total. The van der Waals surface area contributed by atoms with Crippen molar-refractivity contribution in [2.24, 2.45) is 7.05 Å². The molecular weight excluding hydrogens is 328 g/mol. The van der Waals surface area contributed by atoms with Crippen molar-refractivity contribution < 1.29 is 9.53 Å². The van der Waals surface area contributed by atoms with Crippen LogP contribution in [0, 0.1) is 0 Å². The number of aromatic nitrogens is 2. The summed E-state index contributed by atoms with van der Waals surface area (Å²) in [5, 5.41) is 4.77. The standard InChI is InChI=1S/C17H21ClN4O2/c1-20-11-14(10-19-20)17(23)22-7-5-21(6-8-22)12-13-9-15(18)3-4-16(13)24-2/h3-4,9-11H,5-8,12H2,1-2H3. The first-order chi connectivity index (χ1) is 11.6. The number of piperazine rings is 1. The molecule has 1 saturated heterocycles. The number of halogens is 1. The SMILES string of the molecule is COc1ccc(Cl)cc1CN1CCN(C(=O)c2cnn(C)c2)CC1. The summed E-state index contributed by atoms with van der Waals surface area (Å²) < 4.78 is 7.05. The van der Waals surface area contributed by atoms with Crippen LogP contribution in [0.3, 0.4) is 0 Å². The maximum Gasteiger partial charge on any atom is 0.257 e. The number of carbonyl (C=O) groups excluding carboxylic acids is 1. The molecule has 2 heterocycles. The quantitative estimate of drug-likeness (QED) is 0.848. The van der Waals surface area contributed by atoms with Gasteiger partial charge in [0.2, 0.25) is 0 Å². The number of hydrogen-bond acceptors (Lipinski definition) is 4. The molecule has 0 aliphatic carbocycles. The lowest BCUT2D eigenvalue weighted by Crippen LogP contribution is -2.48. The van der Waals surface area contributed by atoms with E-state index in [0.717, 1.165) is 30.9 Å². The fourth-order valence-corrected chi connectivity index (χ4v) is 3.13. The number of methoxy groups -OCH3 is 1. The van der Waals surface area contributed by atoms with Crippen molar-refractivity contribution in [3.63, 3.8) is 0 Å². The fraction of sp³-hybridized carbons (Fsp3) is 0.412. The van der Waals surface area contributed by atoms with Crippen molar-refractivity contribution in [2.45, 2.75) is 6.54 Å². The van der Waals surface area contributed by atoms with Crippen LogP contribution < -0.4 is 4.74 Å². The summed E-state index contributed by atoms with van der Waals surface area (Å²) in [5.41, 5.74) is 1.71. The molecule has 0 atom stereocenters. The first-order valence-electron chi connectivity index (χ1n) is 7.89. The van der Waals surface area contributed by atoms with Gasteiger partial charge in [-0.15, -0.1) is 0 Å². The fourth-order valence-electron chi connectivity index (χ4n) is 2.93. The molecular formula is C17H21ClN4O2. The molecule has 24 heavy (non-hydrogen) atoms. The van der Waals surface area contributed by atoms with Crippen molar-refractivity contribution in [3.8, 4) is 5.75 Å². The zero-order valence-corrected chi connectivity index (χ0v) is 14.7. The minimum absolute atomic E-state index is 0.0445. The Morgan fingerprint density at radius 1 is 1.29 bits per heavy atom. The number of rotatable bonds is 4. The maximum atomic E-state index is 12.4. The summed E-state index contributed by atoms with van der Waals surface area (Å²) in [6.07, 6.45) is 3.37. The lowest BCUT2D eigenvalue weighted by atomic mass is 10.1. The zero-order valence-electron chi connectivity index (χ0n) is 13.9. The first kappa shape index (κ1) is 16.8. The molecule has 2 aromatic rings. The van der Waals surface area contributed by atoms with Gasteiger partial charge in [-0.2, -0.15) is 5.10 Å². The third kappa shape index (κ3) is 3.71. The zero-order chi connectivity index (χ0) is 17.1. The highest BCUT2D eigenvalue weighted by molar-refractivity contribution is 6.30. The molecule has 0 spiro atoms. The molecule has 1 amide bonds. The Morgan fingerprint density at radius 3 is 2.67 bits per heavy atom. The van der Waals surface area contributed by atoms with Crippen molar-refractivity contribution in [2.75, 3.05) is 33.3 Å². The Kier molecular flexibility index (Phi) is 5.06. The largest absolute Gasteiger partial charge is 0.496 e. The van der Waals surface area contributed by atoms with Gasteiger partial charge in [0.25, 0.3) is 5.91 Å². The molecule has 128 valence electrons. The van der Waals surface area contributed by atoms with Crippen molar-refractivity contribution in [1.82, 2.24) is 19.6 Å². The summed E-state index contributed by atoms with van der Waals surface area (Å²) in [5.74, 6) is 0.886. The van der Waals surface area contributed by atoms with E-state index in [4.69, 9.17) is 16.3 Å².